The summed E-state index contributed by atoms with van der Waals surface area (Å²) < 4.78 is 4.98. The van der Waals surface area contributed by atoms with Crippen LogP contribution in [0, 0.1) is 10.1 Å². The van der Waals surface area contributed by atoms with Crippen molar-refractivity contribution in [2.45, 2.75) is 19.9 Å². The van der Waals surface area contributed by atoms with Gasteiger partial charge < -0.3 is 15.0 Å². The Kier molecular flexibility index (Phi) is 7.17. The van der Waals surface area contributed by atoms with Gasteiger partial charge in [-0.2, -0.15) is 0 Å². The molecule has 0 aliphatic rings. The molecule has 0 fully saturated rings. The summed E-state index contributed by atoms with van der Waals surface area (Å²) in [6.45, 7) is 3.73. The number of benzene rings is 3. The fourth-order valence-corrected chi connectivity index (χ4v) is 3.17. The van der Waals surface area contributed by atoms with Crippen LogP contribution < -0.4 is 10.2 Å². The van der Waals surface area contributed by atoms with Gasteiger partial charge in [-0.1, -0.05) is 18.2 Å². The quantitative estimate of drug-likeness (QED) is 0.307. The fraction of sp³-hybridized carbons (Fsp3) is 0.167. The number of carbonyl (C=O) groups excluding carboxylic acids is 2. The van der Waals surface area contributed by atoms with E-state index in [1.54, 1.807) is 12.1 Å². The molecule has 0 spiro atoms. The second kappa shape index (κ2) is 10.2. The number of rotatable bonds is 8. The summed E-state index contributed by atoms with van der Waals surface area (Å²) in [5.74, 6) is -1.22. The number of anilines is 3. The molecule has 0 aliphatic heterocycles. The molecule has 1 N–H and O–H groups in total. The highest BCUT2D eigenvalue weighted by molar-refractivity contribution is 5.95. The zero-order chi connectivity index (χ0) is 23.1. The Hall–Kier alpha value is -4.20. The molecule has 3 rings (SSSR count). The van der Waals surface area contributed by atoms with E-state index in [2.05, 4.69) is 24.1 Å². The topological polar surface area (TPSA) is 102 Å². The SMILES string of the molecule is CC(C)N(c1ccccc1)c1ccc(NC(=O)COC(=O)c2ccc([N+](=O)[O-])cc2)cc1. The molecule has 32 heavy (non-hydrogen) atoms. The van der Waals surface area contributed by atoms with Crippen LogP contribution in [0.4, 0.5) is 22.7 Å². The molecule has 0 heterocycles. The summed E-state index contributed by atoms with van der Waals surface area (Å²) in [5.41, 5.74) is 2.61. The number of para-hydroxylation sites is 1. The maximum Gasteiger partial charge on any atom is 0.338 e. The van der Waals surface area contributed by atoms with E-state index in [1.165, 1.54) is 24.3 Å². The van der Waals surface area contributed by atoms with Crippen LogP contribution in [0.1, 0.15) is 24.2 Å². The lowest BCUT2D eigenvalue weighted by Crippen LogP contribution is -2.25. The van der Waals surface area contributed by atoms with Gasteiger partial charge in [-0.25, -0.2) is 4.79 Å². The van der Waals surface area contributed by atoms with E-state index in [-0.39, 0.29) is 17.3 Å². The van der Waals surface area contributed by atoms with Crippen molar-refractivity contribution in [3.63, 3.8) is 0 Å². The molecule has 0 aromatic heterocycles. The Morgan fingerprint density at radius 3 is 2.09 bits per heavy atom. The molecular formula is C24H23N3O5. The van der Waals surface area contributed by atoms with Crippen molar-refractivity contribution in [3.8, 4) is 0 Å². The van der Waals surface area contributed by atoms with Gasteiger partial charge in [-0.05, 0) is 62.4 Å². The van der Waals surface area contributed by atoms with Gasteiger partial charge in [0, 0.05) is 35.2 Å². The molecule has 0 unspecified atom stereocenters. The van der Waals surface area contributed by atoms with Crippen molar-refractivity contribution in [3.05, 3.63) is 94.5 Å². The lowest BCUT2D eigenvalue weighted by molar-refractivity contribution is -0.384. The van der Waals surface area contributed by atoms with Gasteiger partial charge in [0.2, 0.25) is 0 Å². The second-order valence-electron chi connectivity index (χ2n) is 7.27. The Bertz CT molecular complexity index is 1080. The monoisotopic (exact) mass is 433 g/mol. The average Bonchev–Trinajstić information content (AvgIpc) is 2.79. The van der Waals surface area contributed by atoms with E-state index < -0.39 is 23.4 Å². The number of ether oxygens (including phenoxy) is 1. The molecule has 164 valence electrons. The van der Waals surface area contributed by atoms with E-state index in [9.17, 15) is 19.7 Å². The lowest BCUT2D eigenvalue weighted by atomic mass is 10.2. The van der Waals surface area contributed by atoms with Crippen LogP contribution in [0.2, 0.25) is 0 Å². The molecule has 0 saturated carbocycles. The fourth-order valence-electron chi connectivity index (χ4n) is 3.17. The van der Waals surface area contributed by atoms with Gasteiger partial charge in [0.15, 0.2) is 6.61 Å². The van der Waals surface area contributed by atoms with E-state index in [0.29, 0.717) is 5.69 Å². The third-order valence-electron chi connectivity index (χ3n) is 4.63. The van der Waals surface area contributed by atoms with Crippen molar-refractivity contribution in [1.82, 2.24) is 0 Å². The number of esters is 1. The van der Waals surface area contributed by atoms with Crippen molar-refractivity contribution < 1.29 is 19.2 Å². The Morgan fingerprint density at radius 2 is 1.53 bits per heavy atom. The number of hydrogen-bond acceptors (Lipinski definition) is 6. The number of nitro groups is 1. The van der Waals surface area contributed by atoms with Gasteiger partial charge in [0.1, 0.15) is 0 Å². The van der Waals surface area contributed by atoms with Gasteiger partial charge in [-0.15, -0.1) is 0 Å². The molecule has 0 atom stereocenters. The number of amides is 1. The van der Waals surface area contributed by atoms with Crippen LogP contribution in [-0.4, -0.2) is 29.4 Å². The molecule has 8 nitrogen and oxygen atoms in total. The summed E-state index contributed by atoms with van der Waals surface area (Å²) in [4.78, 5) is 36.5. The lowest BCUT2D eigenvalue weighted by Gasteiger charge is -2.29. The van der Waals surface area contributed by atoms with E-state index in [4.69, 9.17) is 4.74 Å². The van der Waals surface area contributed by atoms with Crippen molar-refractivity contribution in [2.24, 2.45) is 0 Å². The number of non-ortho nitro benzene ring substituents is 1. The summed E-state index contributed by atoms with van der Waals surface area (Å²) in [6.07, 6.45) is 0. The van der Waals surface area contributed by atoms with Gasteiger partial charge in [0.05, 0.1) is 10.5 Å². The third kappa shape index (κ3) is 5.69. The molecule has 3 aromatic carbocycles. The average molecular weight is 433 g/mol. The van der Waals surface area contributed by atoms with E-state index in [1.807, 2.05) is 42.5 Å². The minimum atomic E-state index is -0.735. The summed E-state index contributed by atoms with van der Waals surface area (Å²) in [7, 11) is 0. The highest BCUT2D eigenvalue weighted by Gasteiger charge is 2.14. The maximum atomic E-state index is 12.2. The molecule has 8 heteroatoms. The molecule has 1 amide bonds. The van der Waals surface area contributed by atoms with Crippen LogP contribution in [0.5, 0.6) is 0 Å². The first-order valence-electron chi connectivity index (χ1n) is 10.0. The van der Waals surface area contributed by atoms with Crippen LogP contribution in [0.25, 0.3) is 0 Å². The number of nitro benzene ring substituents is 1. The van der Waals surface area contributed by atoms with Crippen LogP contribution in [0.3, 0.4) is 0 Å². The first-order valence-corrected chi connectivity index (χ1v) is 10.0. The van der Waals surface area contributed by atoms with Crippen LogP contribution >= 0.6 is 0 Å². The number of nitrogens with one attached hydrogen (secondary N) is 1. The van der Waals surface area contributed by atoms with Crippen LogP contribution in [0.15, 0.2) is 78.9 Å². The Balaban J connectivity index is 1.57. The minimum absolute atomic E-state index is 0.127. The van der Waals surface area contributed by atoms with E-state index in [0.717, 1.165) is 11.4 Å². The summed E-state index contributed by atoms with van der Waals surface area (Å²) in [6, 6.07) is 22.6. The second-order valence-corrected chi connectivity index (χ2v) is 7.27. The van der Waals surface area contributed by atoms with Crippen molar-refractivity contribution in [1.29, 1.82) is 0 Å². The zero-order valence-electron chi connectivity index (χ0n) is 17.7. The van der Waals surface area contributed by atoms with Crippen molar-refractivity contribution in [2.75, 3.05) is 16.8 Å². The predicted octanol–water partition coefficient (Wildman–Crippen LogP) is 4.94. The molecule has 0 bridgehead atoms. The number of carbonyl (C=O) groups is 2. The number of hydrogen-bond donors (Lipinski definition) is 1. The van der Waals surface area contributed by atoms with Gasteiger partial charge in [0.25, 0.3) is 11.6 Å². The highest BCUT2D eigenvalue weighted by Crippen LogP contribution is 2.28. The molecule has 0 saturated heterocycles. The molecule has 0 aliphatic carbocycles. The summed E-state index contributed by atoms with van der Waals surface area (Å²) in [5, 5.41) is 13.4. The van der Waals surface area contributed by atoms with Crippen molar-refractivity contribution >= 4 is 34.6 Å². The Morgan fingerprint density at radius 1 is 0.938 bits per heavy atom. The molecule has 3 aromatic rings. The zero-order valence-corrected chi connectivity index (χ0v) is 17.7. The van der Waals surface area contributed by atoms with Gasteiger partial charge >= 0.3 is 5.97 Å². The third-order valence-corrected chi connectivity index (χ3v) is 4.63. The Labute approximate surface area is 185 Å². The first-order chi connectivity index (χ1) is 15.3. The largest absolute Gasteiger partial charge is 0.452 e. The smallest absolute Gasteiger partial charge is 0.338 e. The number of nitrogens with zero attached hydrogens (tertiary/aromatic N) is 2. The summed E-state index contributed by atoms with van der Waals surface area (Å²) >= 11 is 0. The minimum Gasteiger partial charge on any atom is -0.452 e. The van der Waals surface area contributed by atoms with Crippen LogP contribution in [-0.2, 0) is 9.53 Å². The molecule has 0 radical (unpaired) electrons. The van der Waals surface area contributed by atoms with Gasteiger partial charge in [-0.3, -0.25) is 14.9 Å². The molecular weight excluding hydrogens is 410 g/mol. The maximum absolute atomic E-state index is 12.2. The standard InChI is InChI=1S/C24H23N3O5/c1-17(2)26(20-6-4-3-5-7-20)21-14-10-19(11-15-21)25-23(28)16-32-24(29)18-8-12-22(13-9-18)27(30)31/h3-15,17H,16H2,1-2H3,(H,25,28). The first kappa shape index (κ1) is 22.5. The highest BCUT2D eigenvalue weighted by atomic mass is 16.6. The predicted molar refractivity (Wildman–Crippen MR) is 122 cm³/mol. The van der Waals surface area contributed by atoms with E-state index >= 15 is 0 Å². The normalized spacial score (nSPS) is 10.5.